The van der Waals surface area contributed by atoms with E-state index < -0.39 is 6.04 Å². The Morgan fingerprint density at radius 2 is 1.90 bits per heavy atom. The van der Waals surface area contributed by atoms with Gasteiger partial charge >= 0.3 is 0 Å². The van der Waals surface area contributed by atoms with E-state index in [1.165, 1.54) is 0 Å². The molecule has 0 radical (unpaired) electrons. The van der Waals surface area contributed by atoms with Crippen molar-refractivity contribution in [2.75, 3.05) is 12.0 Å². The van der Waals surface area contributed by atoms with Crippen LogP contribution < -0.4 is 15.4 Å². The fourth-order valence-electron chi connectivity index (χ4n) is 2.58. The van der Waals surface area contributed by atoms with Crippen LogP contribution in [-0.4, -0.2) is 19.1 Å². The molecule has 1 amide bonds. The van der Waals surface area contributed by atoms with Crippen molar-refractivity contribution < 1.29 is 9.53 Å². The van der Waals surface area contributed by atoms with Gasteiger partial charge in [-0.25, -0.2) is 0 Å². The second kappa shape index (κ2) is 5.50. The van der Waals surface area contributed by atoms with Gasteiger partial charge < -0.3 is 15.4 Å². The molecule has 1 fully saturated rings. The molecule has 21 heavy (non-hydrogen) atoms. The fraction of sp³-hybridized carbons (Fsp3) is 0.188. The van der Waals surface area contributed by atoms with Crippen LogP contribution in [0.4, 0.5) is 5.69 Å². The summed E-state index contributed by atoms with van der Waals surface area (Å²) < 4.78 is 6.22. The number of methoxy groups -OCH3 is 1. The first-order valence-electron chi connectivity index (χ1n) is 6.60. The molecule has 4 nitrogen and oxygen atoms in total. The first-order chi connectivity index (χ1) is 10.1. The minimum Gasteiger partial charge on any atom is -0.497 e. The van der Waals surface area contributed by atoms with Gasteiger partial charge in [-0.1, -0.05) is 34.1 Å². The van der Waals surface area contributed by atoms with Crippen molar-refractivity contribution in [3.63, 3.8) is 0 Å². The summed E-state index contributed by atoms with van der Waals surface area (Å²) >= 11 is 3.41. The Bertz CT molecular complexity index is 672. The predicted octanol–water partition coefficient (Wildman–Crippen LogP) is 2.87. The molecule has 0 bridgehead atoms. The van der Waals surface area contributed by atoms with Crippen molar-refractivity contribution in [2.24, 2.45) is 5.73 Å². The van der Waals surface area contributed by atoms with Crippen LogP contribution in [0.1, 0.15) is 11.6 Å². The Balaban J connectivity index is 1.96. The molecule has 0 aliphatic carbocycles. The molecular weight excluding hydrogens is 332 g/mol. The number of nitrogens with zero attached hydrogens (tertiary/aromatic N) is 1. The summed E-state index contributed by atoms with van der Waals surface area (Å²) in [5, 5.41) is 0. The van der Waals surface area contributed by atoms with Gasteiger partial charge in [-0.2, -0.15) is 0 Å². The summed E-state index contributed by atoms with van der Waals surface area (Å²) in [4.78, 5) is 13.9. The first kappa shape index (κ1) is 14.1. The van der Waals surface area contributed by atoms with Crippen LogP contribution in [0.2, 0.25) is 0 Å². The summed E-state index contributed by atoms with van der Waals surface area (Å²) in [6.45, 7) is 0. The molecular formula is C16H15BrN2O2. The number of ether oxygens (including phenoxy) is 1. The Hall–Kier alpha value is -1.85. The average Bonchev–Trinajstić information content (AvgIpc) is 2.52. The highest BCUT2D eigenvalue weighted by molar-refractivity contribution is 9.10. The maximum Gasteiger partial charge on any atom is 0.247 e. The number of carbonyl (C=O) groups is 1. The number of anilines is 1. The number of rotatable bonds is 3. The lowest BCUT2D eigenvalue weighted by molar-refractivity contribution is -0.126. The summed E-state index contributed by atoms with van der Waals surface area (Å²) in [5.74, 6) is 0.645. The van der Waals surface area contributed by atoms with Crippen LogP contribution in [0.15, 0.2) is 53.0 Å². The molecule has 2 N–H and O–H groups in total. The molecule has 1 saturated heterocycles. The second-order valence-electron chi connectivity index (χ2n) is 4.93. The lowest BCUT2D eigenvalue weighted by Crippen LogP contribution is -2.63. The van der Waals surface area contributed by atoms with E-state index in [1.54, 1.807) is 12.0 Å². The summed E-state index contributed by atoms with van der Waals surface area (Å²) in [6, 6.07) is 14.7. The van der Waals surface area contributed by atoms with Crippen LogP contribution in [0.5, 0.6) is 5.75 Å². The van der Waals surface area contributed by atoms with Gasteiger partial charge in [0.05, 0.1) is 13.2 Å². The van der Waals surface area contributed by atoms with Crippen LogP contribution in [0.25, 0.3) is 0 Å². The van der Waals surface area contributed by atoms with Crippen LogP contribution in [0.3, 0.4) is 0 Å². The van der Waals surface area contributed by atoms with E-state index in [2.05, 4.69) is 15.9 Å². The lowest BCUT2D eigenvalue weighted by atomic mass is 9.88. The van der Waals surface area contributed by atoms with Gasteiger partial charge in [0.15, 0.2) is 0 Å². The predicted molar refractivity (Wildman–Crippen MR) is 85.3 cm³/mol. The lowest BCUT2D eigenvalue weighted by Gasteiger charge is -2.45. The highest BCUT2D eigenvalue weighted by atomic mass is 79.9. The van der Waals surface area contributed by atoms with Crippen molar-refractivity contribution in [1.82, 2.24) is 0 Å². The number of nitrogens with two attached hydrogens (primary N) is 1. The molecule has 2 aromatic rings. The number of hydrogen-bond acceptors (Lipinski definition) is 3. The van der Waals surface area contributed by atoms with Crippen molar-refractivity contribution in [1.29, 1.82) is 0 Å². The van der Waals surface area contributed by atoms with Gasteiger partial charge in [-0.15, -0.1) is 0 Å². The third-order valence-electron chi connectivity index (χ3n) is 3.68. The number of halogens is 1. The Morgan fingerprint density at radius 3 is 2.57 bits per heavy atom. The largest absolute Gasteiger partial charge is 0.497 e. The van der Waals surface area contributed by atoms with Gasteiger partial charge in [0, 0.05) is 16.2 Å². The number of benzene rings is 2. The molecule has 108 valence electrons. The molecule has 0 aromatic heterocycles. The summed E-state index contributed by atoms with van der Waals surface area (Å²) in [7, 11) is 1.61. The highest BCUT2D eigenvalue weighted by Crippen LogP contribution is 2.39. The number of carbonyl (C=O) groups excluding carboxylic acids is 1. The molecule has 1 aliphatic heterocycles. The van der Waals surface area contributed by atoms with Crippen LogP contribution in [-0.2, 0) is 4.79 Å². The third-order valence-corrected chi connectivity index (χ3v) is 4.21. The van der Waals surface area contributed by atoms with Crippen molar-refractivity contribution in [2.45, 2.75) is 12.1 Å². The van der Waals surface area contributed by atoms with Crippen molar-refractivity contribution >= 4 is 27.5 Å². The van der Waals surface area contributed by atoms with Gasteiger partial charge in [0.2, 0.25) is 5.91 Å². The average molecular weight is 347 g/mol. The van der Waals surface area contributed by atoms with E-state index in [0.717, 1.165) is 21.5 Å². The van der Waals surface area contributed by atoms with Crippen molar-refractivity contribution in [3.8, 4) is 5.75 Å². The number of hydrogen-bond donors (Lipinski definition) is 1. The maximum atomic E-state index is 12.2. The smallest absolute Gasteiger partial charge is 0.247 e. The minimum atomic E-state index is -0.502. The number of β-lactam (4-membered cyclic amide) rings is 1. The first-order valence-corrected chi connectivity index (χ1v) is 7.39. The van der Waals surface area contributed by atoms with E-state index >= 15 is 0 Å². The van der Waals surface area contributed by atoms with Crippen LogP contribution >= 0.6 is 15.9 Å². The third kappa shape index (κ3) is 2.43. The molecule has 0 spiro atoms. The zero-order valence-electron chi connectivity index (χ0n) is 11.5. The minimum absolute atomic E-state index is 0.0730. The van der Waals surface area contributed by atoms with E-state index in [-0.39, 0.29) is 11.9 Å². The van der Waals surface area contributed by atoms with Gasteiger partial charge in [0.1, 0.15) is 11.8 Å². The standard InChI is InChI=1S/C16H15BrN2O2/c1-21-13-4-2-3-12(9-13)19-15(14(18)16(19)20)10-5-7-11(17)8-6-10/h2-9,14-15H,18H2,1H3/t14-,15+/m0/s1. The topological polar surface area (TPSA) is 55.6 Å². The van der Waals surface area contributed by atoms with E-state index in [4.69, 9.17) is 10.5 Å². The SMILES string of the molecule is COc1cccc(N2C(=O)[C@@H](N)[C@H]2c2ccc(Br)cc2)c1. The Morgan fingerprint density at radius 1 is 1.19 bits per heavy atom. The van der Waals surface area contributed by atoms with Gasteiger partial charge in [-0.3, -0.25) is 4.79 Å². The molecule has 1 heterocycles. The van der Waals surface area contributed by atoms with Crippen LogP contribution in [0, 0.1) is 0 Å². The van der Waals surface area contributed by atoms with E-state index in [1.807, 2.05) is 48.5 Å². The summed E-state index contributed by atoms with van der Waals surface area (Å²) in [5.41, 5.74) is 7.82. The molecule has 3 rings (SSSR count). The maximum absolute atomic E-state index is 12.2. The molecule has 0 saturated carbocycles. The Kier molecular flexibility index (Phi) is 3.69. The highest BCUT2D eigenvalue weighted by Gasteiger charge is 2.46. The second-order valence-corrected chi connectivity index (χ2v) is 5.85. The van der Waals surface area contributed by atoms with E-state index in [0.29, 0.717) is 0 Å². The summed E-state index contributed by atoms with van der Waals surface area (Å²) in [6.07, 6.45) is 0. The normalized spacial score (nSPS) is 21.1. The molecule has 0 unspecified atom stereocenters. The molecule has 5 heteroatoms. The van der Waals surface area contributed by atoms with Crippen molar-refractivity contribution in [3.05, 3.63) is 58.6 Å². The van der Waals surface area contributed by atoms with E-state index in [9.17, 15) is 4.79 Å². The fourth-order valence-corrected chi connectivity index (χ4v) is 2.84. The quantitative estimate of drug-likeness (QED) is 0.869. The molecule has 2 aromatic carbocycles. The zero-order valence-corrected chi connectivity index (χ0v) is 13.1. The van der Waals surface area contributed by atoms with Gasteiger partial charge in [-0.05, 0) is 29.8 Å². The Labute approximate surface area is 131 Å². The number of amides is 1. The molecule has 2 atom stereocenters. The molecule has 1 aliphatic rings. The monoisotopic (exact) mass is 346 g/mol. The van der Waals surface area contributed by atoms with Gasteiger partial charge in [0.25, 0.3) is 0 Å². The zero-order chi connectivity index (χ0) is 15.0.